The number of carboxylic acid groups (broad SMARTS) is 1. The van der Waals surface area contributed by atoms with Gasteiger partial charge in [-0.2, -0.15) is 17.0 Å². The van der Waals surface area contributed by atoms with E-state index in [-0.39, 0.29) is 13.2 Å². The summed E-state index contributed by atoms with van der Waals surface area (Å²) in [4.78, 5) is 10.9. The minimum atomic E-state index is -3.70. The maximum absolute atomic E-state index is 12.2. The van der Waals surface area contributed by atoms with Gasteiger partial charge in [0.15, 0.2) is 0 Å². The van der Waals surface area contributed by atoms with Gasteiger partial charge in [0.2, 0.25) is 0 Å². The number of likely N-dealkylation sites (N-methyl/N-ethyl adjacent to an activating group) is 1. The van der Waals surface area contributed by atoms with Gasteiger partial charge in [-0.25, -0.2) is 0 Å². The molecular formula is C10H20N2O5S. The number of carbonyl (C=O) groups is 1. The fourth-order valence-electron chi connectivity index (χ4n) is 1.88. The van der Waals surface area contributed by atoms with E-state index in [9.17, 15) is 13.2 Å². The number of piperidine rings is 1. The molecule has 0 bridgehead atoms. The Labute approximate surface area is 107 Å². The molecule has 0 aliphatic carbocycles. The number of aliphatic carboxylic acids is 1. The van der Waals surface area contributed by atoms with Gasteiger partial charge in [0.05, 0.1) is 12.5 Å². The zero-order chi connectivity index (χ0) is 13.9. The van der Waals surface area contributed by atoms with Crippen molar-refractivity contribution in [2.45, 2.75) is 25.8 Å². The van der Waals surface area contributed by atoms with Crippen molar-refractivity contribution in [2.24, 2.45) is 5.92 Å². The molecule has 1 heterocycles. The van der Waals surface area contributed by atoms with Crippen LogP contribution in [-0.4, -0.2) is 66.0 Å². The molecule has 0 radical (unpaired) electrons. The highest BCUT2D eigenvalue weighted by atomic mass is 32.2. The summed E-state index contributed by atoms with van der Waals surface area (Å²) in [5.74, 6) is -1.61. The third-order valence-electron chi connectivity index (χ3n) is 3.31. The molecular weight excluding hydrogens is 260 g/mol. The van der Waals surface area contributed by atoms with E-state index in [4.69, 9.17) is 10.2 Å². The number of rotatable bonds is 5. The van der Waals surface area contributed by atoms with E-state index < -0.39 is 28.1 Å². The second-order valence-corrected chi connectivity index (χ2v) is 6.58. The zero-order valence-electron chi connectivity index (χ0n) is 10.6. The lowest BCUT2D eigenvalue weighted by Crippen LogP contribution is -2.50. The van der Waals surface area contributed by atoms with Crippen molar-refractivity contribution in [1.82, 2.24) is 8.61 Å². The molecule has 2 N–H and O–H groups in total. The number of hydrogen-bond donors (Lipinski definition) is 2. The van der Waals surface area contributed by atoms with E-state index in [1.165, 1.54) is 11.4 Å². The van der Waals surface area contributed by atoms with Crippen molar-refractivity contribution >= 4 is 16.2 Å². The Bertz CT molecular complexity index is 397. The summed E-state index contributed by atoms with van der Waals surface area (Å²) in [5.41, 5.74) is 0. The first-order chi connectivity index (χ1) is 8.30. The summed E-state index contributed by atoms with van der Waals surface area (Å²) < 4.78 is 26.7. The van der Waals surface area contributed by atoms with Crippen LogP contribution in [0.3, 0.4) is 0 Å². The Morgan fingerprint density at radius 1 is 1.56 bits per heavy atom. The molecule has 1 aliphatic rings. The summed E-state index contributed by atoms with van der Waals surface area (Å²) >= 11 is 0. The average molecular weight is 280 g/mol. The summed E-state index contributed by atoms with van der Waals surface area (Å²) in [6, 6.07) is -0.528. The average Bonchev–Trinajstić information content (AvgIpc) is 2.36. The second-order valence-electron chi connectivity index (χ2n) is 4.59. The monoisotopic (exact) mass is 280 g/mol. The highest BCUT2D eigenvalue weighted by Gasteiger charge is 2.35. The molecule has 2 unspecified atom stereocenters. The second kappa shape index (κ2) is 5.96. The molecule has 0 aromatic carbocycles. The minimum Gasteiger partial charge on any atom is -0.481 e. The molecule has 7 nitrogen and oxygen atoms in total. The SMILES string of the molecule is CC(CO)N(C)S(=O)(=O)N1CCCC(C(=O)O)C1. The smallest absolute Gasteiger partial charge is 0.307 e. The zero-order valence-corrected chi connectivity index (χ0v) is 11.4. The normalized spacial score (nSPS) is 24.1. The topological polar surface area (TPSA) is 98.2 Å². The third kappa shape index (κ3) is 3.19. The van der Waals surface area contributed by atoms with Crippen molar-refractivity contribution in [3.8, 4) is 0 Å². The fraction of sp³-hybridized carbons (Fsp3) is 0.900. The lowest BCUT2D eigenvalue weighted by Gasteiger charge is -2.34. The van der Waals surface area contributed by atoms with Crippen LogP contribution in [0.25, 0.3) is 0 Å². The molecule has 0 aromatic heterocycles. The van der Waals surface area contributed by atoms with E-state index in [1.54, 1.807) is 6.92 Å². The molecule has 0 amide bonds. The highest BCUT2D eigenvalue weighted by Crippen LogP contribution is 2.21. The molecule has 1 fully saturated rings. The lowest BCUT2D eigenvalue weighted by atomic mass is 10.0. The summed E-state index contributed by atoms with van der Waals surface area (Å²) in [6.45, 7) is 1.65. The maximum atomic E-state index is 12.2. The molecule has 1 saturated heterocycles. The van der Waals surface area contributed by atoms with E-state index >= 15 is 0 Å². The van der Waals surface area contributed by atoms with Crippen molar-refractivity contribution in [1.29, 1.82) is 0 Å². The molecule has 0 spiro atoms. The van der Waals surface area contributed by atoms with Gasteiger partial charge in [-0.15, -0.1) is 0 Å². The van der Waals surface area contributed by atoms with Gasteiger partial charge >= 0.3 is 5.97 Å². The van der Waals surface area contributed by atoms with E-state index in [1.807, 2.05) is 0 Å². The van der Waals surface area contributed by atoms with Crippen molar-refractivity contribution in [3.05, 3.63) is 0 Å². The molecule has 106 valence electrons. The third-order valence-corrected chi connectivity index (χ3v) is 5.38. The number of carboxylic acids is 1. The van der Waals surface area contributed by atoms with Crippen LogP contribution in [-0.2, 0) is 15.0 Å². The molecule has 1 aliphatic heterocycles. The Kier molecular flexibility index (Phi) is 5.09. The van der Waals surface area contributed by atoms with Crippen molar-refractivity contribution in [2.75, 3.05) is 26.7 Å². The van der Waals surface area contributed by atoms with Crippen LogP contribution in [0.4, 0.5) is 0 Å². The van der Waals surface area contributed by atoms with Gasteiger partial charge in [-0.3, -0.25) is 4.79 Å². The van der Waals surface area contributed by atoms with Crippen LogP contribution in [0, 0.1) is 5.92 Å². The molecule has 2 atom stereocenters. The number of nitrogens with zero attached hydrogens (tertiary/aromatic N) is 2. The number of aliphatic hydroxyl groups excluding tert-OH is 1. The molecule has 1 rings (SSSR count). The highest BCUT2D eigenvalue weighted by molar-refractivity contribution is 7.86. The molecule has 0 aromatic rings. The predicted molar refractivity (Wildman–Crippen MR) is 65.2 cm³/mol. The summed E-state index contributed by atoms with van der Waals surface area (Å²) in [5, 5.41) is 17.9. The van der Waals surface area contributed by atoms with Gasteiger partial charge in [-0.1, -0.05) is 0 Å². The Balaban J connectivity index is 2.82. The first-order valence-electron chi connectivity index (χ1n) is 5.87. The number of hydrogen-bond acceptors (Lipinski definition) is 4. The van der Waals surface area contributed by atoms with E-state index in [2.05, 4.69) is 0 Å². The summed E-state index contributed by atoms with van der Waals surface area (Å²) in [6.07, 6.45) is 1.04. The number of aliphatic hydroxyl groups is 1. The quantitative estimate of drug-likeness (QED) is 0.696. The van der Waals surface area contributed by atoms with Gasteiger partial charge < -0.3 is 10.2 Å². The standard InChI is InChI=1S/C10H20N2O5S/c1-8(7-13)11(2)18(16,17)12-5-3-4-9(6-12)10(14)15/h8-9,13H,3-7H2,1-2H3,(H,14,15). The maximum Gasteiger partial charge on any atom is 0.307 e. The van der Waals surface area contributed by atoms with Crippen LogP contribution in [0.15, 0.2) is 0 Å². The first-order valence-corrected chi connectivity index (χ1v) is 7.27. The predicted octanol–water partition coefficient (Wildman–Crippen LogP) is -0.660. The van der Waals surface area contributed by atoms with Gasteiger partial charge in [0.1, 0.15) is 0 Å². The Morgan fingerprint density at radius 2 is 2.17 bits per heavy atom. The van der Waals surface area contributed by atoms with Crippen LogP contribution in [0.5, 0.6) is 0 Å². The molecule has 18 heavy (non-hydrogen) atoms. The van der Waals surface area contributed by atoms with Crippen molar-refractivity contribution < 1.29 is 23.4 Å². The van der Waals surface area contributed by atoms with Crippen molar-refractivity contribution in [3.63, 3.8) is 0 Å². The molecule has 0 saturated carbocycles. The Morgan fingerprint density at radius 3 is 2.67 bits per heavy atom. The summed E-state index contributed by atoms with van der Waals surface area (Å²) in [7, 11) is -2.31. The fourth-order valence-corrected chi connectivity index (χ4v) is 3.49. The lowest BCUT2D eigenvalue weighted by molar-refractivity contribution is -0.142. The Hall–Kier alpha value is -0.700. The van der Waals surface area contributed by atoms with E-state index in [0.717, 1.165) is 4.31 Å². The molecule has 8 heteroatoms. The van der Waals surface area contributed by atoms with Crippen LogP contribution >= 0.6 is 0 Å². The van der Waals surface area contributed by atoms with Crippen LogP contribution < -0.4 is 0 Å². The van der Waals surface area contributed by atoms with E-state index in [0.29, 0.717) is 19.4 Å². The first kappa shape index (κ1) is 15.4. The van der Waals surface area contributed by atoms with Crippen LogP contribution in [0.2, 0.25) is 0 Å². The minimum absolute atomic E-state index is 0.000154. The van der Waals surface area contributed by atoms with Gasteiger partial charge in [0.25, 0.3) is 10.2 Å². The van der Waals surface area contributed by atoms with Gasteiger partial charge in [-0.05, 0) is 19.8 Å². The largest absolute Gasteiger partial charge is 0.481 e. The van der Waals surface area contributed by atoms with Gasteiger partial charge in [0, 0.05) is 26.2 Å². The van der Waals surface area contributed by atoms with Crippen LogP contribution in [0.1, 0.15) is 19.8 Å².